The van der Waals surface area contributed by atoms with E-state index < -0.39 is 10.3 Å². The molecular formula is C11H12ClN3O3. The van der Waals surface area contributed by atoms with Gasteiger partial charge in [0.2, 0.25) is 5.91 Å². The minimum absolute atomic E-state index is 0.113. The van der Waals surface area contributed by atoms with Crippen LogP contribution in [-0.2, 0) is 4.79 Å². The van der Waals surface area contributed by atoms with Crippen LogP contribution in [0.2, 0.25) is 5.02 Å². The maximum atomic E-state index is 11.9. The molecule has 1 fully saturated rings. The van der Waals surface area contributed by atoms with E-state index in [1.807, 2.05) is 0 Å². The molecule has 0 unspecified atom stereocenters. The number of carbonyl (C=O) groups excluding carboxylic acids is 1. The summed E-state index contributed by atoms with van der Waals surface area (Å²) in [7, 11) is 0. The van der Waals surface area contributed by atoms with Gasteiger partial charge in [0.1, 0.15) is 0 Å². The van der Waals surface area contributed by atoms with E-state index in [2.05, 4.69) is 5.32 Å². The van der Waals surface area contributed by atoms with Crippen molar-refractivity contribution in [3.8, 4) is 0 Å². The molecule has 1 amide bonds. The zero-order chi connectivity index (χ0) is 13.3. The van der Waals surface area contributed by atoms with Crippen molar-refractivity contribution in [2.75, 3.05) is 11.9 Å². The van der Waals surface area contributed by atoms with Gasteiger partial charge in [0, 0.05) is 18.7 Å². The van der Waals surface area contributed by atoms with Gasteiger partial charge >= 0.3 is 0 Å². The highest BCUT2D eigenvalue weighted by Gasteiger charge is 2.48. The number of nitrogens with zero attached hydrogens (tertiary/aromatic N) is 1. The van der Waals surface area contributed by atoms with E-state index in [4.69, 9.17) is 17.3 Å². The molecule has 0 saturated heterocycles. The molecule has 96 valence electrons. The molecule has 0 bridgehead atoms. The topological polar surface area (TPSA) is 98.3 Å². The van der Waals surface area contributed by atoms with Crippen LogP contribution in [0.25, 0.3) is 0 Å². The molecule has 1 aromatic carbocycles. The number of halogens is 1. The zero-order valence-electron chi connectivity index (χ0n) is 9.48. The maximum absolute atomic E-state index is 11.9. The molecule has 1 aliphatic rings. The Hall–Kier alpha value is -1.66. The third kappa shape index (κ3) is 2.30. The first-order chi connectivity index (χ1) is 8.48. The number of carbonyl (C=O) groups is 1. The lowest BCUT2D eigenvalue weighted by molar-refractivity contribution is -0.384. The third-order valence-electron chi connectivity index (χ3n) is 3.14. The van der Waals surface area contributed by atoms with Gasteiger partial charge in [-0.1, -0.05) is 11.6 Å². The monoisotopic (exact) mass is 269 g/mol. The maximum Gasteiger partial charge on any atom is 0.271 e. The number of non-ortho nitro benzene ring substituents is 1. The SMILES string of the molecule is NCC1(C(=O)Nc2ccc([N+](=O)[O-])cc2Cl)CC1. The fraction of sp³-hybridized carbons (Fsp3) is 0.364. The molecule has 3 N–H and O–H groups in total. The molecule has 0 heterocycles. The van der Waals surface area contributed by atoms with Gasteiger partial charge < -0.3 is 11.1 Å². The van der Waals surface area contributed by atoms with Gasteiger partial charge in [-0.15, -0.1) is 0 Å². The summed E-state index contributed by atoms with van der Waals surface area (Å²) < 4.78 is 0. The molecule has 0 atom stereocenters. The van der Waals surface area contributed by atoms with Gasteiger partial charge in [-0.3, -0.25) is 14.9 Å². The number of amides is 1. The molecule has 1 saturated carbocycles. The fourth-order valence-electron chi connectivity index (χ4n) is 1.65. The second-order valence-electron chi connectivity index (χ2n) is 4.36. The Morgan fingerprint density at radius 3 is 2.67 bits per heavy atom. The first kappa shape index (κ1) is 12.8. The summed E-state index contributed by atoms with van der Waals surface area (Å²) in [4.78, 5) is 21.9. The van der Waals surface area contributed by atoms with E-state index in [-0.39, 0.29) is 16.6 Å². The lowest BCUT2D eigenvalue weighted by Gasteiger charge is -2.13. The molecule has 18 heavy (non-hydrogen) atoms. The molecule has 6 nitrogen and oxygen atoms in total. The number of nitro benzene ring substituents is 1. The summed E-state index contributed by atoms with van der Waals surface area (Å²) in [6.07, 6.45) is 1.53. The van der Waals surface area contributed by atoms with Crippen molar-refractivity contribution in [2.45, 2.75) is 12.8 Å². The third-order valence-corrected chi connectivity index (χ3v) is 3.45. The lowest BCUT2D eigenvalue weighted by atomic mass is 10.1. The van der Waals surface area contributed by atoms with Crippen LogP contribution in [0.1, 0.15) is 12.8 Å². The van der Waals surface area contributed by atoms with Crippen molar-refractivity contribution in [1.82, 2.24) is 0 Å². The zero-order valence-corrected chi connectivity index (χ0v) is 10.2. The highest BCUT2D eigenvalue weighted by Crippen LogP contribution is 2.45. The smallest absolute Gasteiger partial charge is 0.271 e. The quantitative estimate of drug-likeness (QED) is 0.644. The van der Waals surface area contributed by atoms with E-state index in [9.17, 15) is 14.9 Å². The van der Waals surface area contributed by atoms with Crippen LogP contribution in [0.5, 0.6) is 0 Å². The summed E-state index contributed by atoms with van der Waals surface area (Å²) in [5.74, 6) is -0.180. The number of nitro groups is 1. The number of rotatable bonds is 4. The van der Waals surface area contributed by atoms with Crippen LogP contribution in [-0.4, -0.2) is 17.4 Å². The van der Waals surface area contributed by atoms with Crippen molar-refractivity contribution < 1.29 is 9.72 Å². The van der Waals surface area contributed by atoms with Gasteiger partial charge in [-0.2, -0.15) is 0 Å². The second kappa shape index (κ2) is 4.55. The van der Waals surface area contributed by atoms with Gasteiger partial charge in [-0.25, -0.2) is 0 Å². The largest absolute Gasteiger partial charge is 0.329 e. The number of nitrogens with one attached hydrogen (secondary N) is 1. The van der Waals surface area contributed by atoms with Crippen molar-refractivity contribution in [3.63, 3.8) is 0 Å². The molecule has 0 radical (unpaired) electrons. The van der Waals surface area contributed by atoms with Crippen molar-refractivity contribution in [3.05, 3.63) is 33.3 Å². The normalized spacial score (nSPS) is 16.1. The van der Waals surface area contributed by atoms with E-state index in [0.29, 0.717) is 12.2 Å². The molecule has 0 aliphatic heterocycles. The van der Waals surface area contributed by atoms with E-state index >= 15 is 0 Å². The standard InChI is InChI=1S/C11H12ClN3O3/c12-8-5-7(15(17)18)1-2-9(8)14-10(16)11(6-13)3-4-11/h1-2,5H,3-4,6,13H2,(H,14,16). The Kier molecular flexibility index (Phi) is 3.23. The van der Waals surface area contributed by atoms with Crippen LogP contribution in [0.15, 0.2) is 18.2 Å². The average Bonchev–Trinajstić information content (AvgIpc) is 3.12. The number of benzene rings is 1. The van der Waals surface area contributed by atoms with Crippen LogP contribution in [0, 0.1) is 15.5 Å². The average molecular weight is 270 g/mol. The molecule has 1 aliphatic carbocycles. The van der Waals surface area contributed by atoms with Crippen LogP contribution in [0.4, 0.5) is 11.4 Å². The van der Waals surface area contributed by atoms with Gasteiger partial charge in [-0.05, 0) is 18.9 Å². The first-order valence-corrected chi connectivity index (χ1v) is 5.82. The number of hydrogen-bond acceptors (Lipinski definition) is 4. The fourth-order valence-corrected chi connectivity index (χ4v) is 1.87. The van der Waals surface area contributed by atoms with E-state index in [1.165, 1.54) is 18.2 Å². The van der Waals surface area contributed by atoms with Crippen LogP contribution in [0.3, 0.4) is 0 Å². The summed E-state index contributed by atoms with van der Waals surface area (Å²) in [6.45, 7) is 0.295. The molecule has 0 aromatic heterocycles. The Labute approximate surface area is 108 Å². The molecule has 0 spiro atoms. The summed E-state index contributed by atoms with van der Waals surface area (Å²) in [6, 6.07) is 3.92. The molecule has 2 rings (SSSR count). The predicted octanol–water partition coefficient (Wildman–Crippen LogP) is 1.93. The van der Waals surface area contributed by atoms with E-state index in [1.54, 1.807) is 0 Å². The lowest BCUT2D eigenvalue weighted by Crippen LogP contribution is -2.30. The Balaban J connectivity index is 2.15. The van der Waals surface area contributed by atoms with Crippen LogP contribution < -0.4 is 11.1 Å². The molecule has 7 heteroatoms. The summed E-state index contributed by atoms with van der Waals surface area (Å²) in [5.41, 5.74) is 5.32. The van der Waals surface area contributed by atoms with E-state index in [0.717, 1.165) is 12.8 Å². The minimum atomic E-state index is -0.542. The highest BCUT2D eigenvalue weighted by atomic mass is 35.5. The summed E-state index contributed by atoms with van der Waals surface area (Å²) in [5, 5.41) is 13.3. The van der Waals surface area contributed by atoms with Crippen molar-refractivity contribution in [1.29, 1.82) is 0 Å². The minimum Gasteiger partial charge on any atom is -0.329 e. The first-order valence-electron chi connectivity index (χ1n) is 5.44. The van der Waals surface area contributed by atoms with Crippen molar-refractivity contribution >= 4 is 28.9 Å². The Morgan fingerprint density at radius 1 is 1.56 bits per heavy atom. The predicted molar refractivity (Wildman–Crippen MR) is 67.5 cm³/mol. The second-order valence-corrected chi connectivity index (χ2v) is 4.77. The number of hydrogen-bond donors (Lipinski definition) is 2. The molecule has 1 aromatic rings. The van der Waals surface area contributed by atoms with Gasteiger partial charge in [0.05, 0.1) is 21.0 Å². The van der Waals surface area contributed by atoms with Gasteiger partial charge in [0.25, 0.3) is 5.69 Å². The Morgan fingerprint density at radius 2 is 2.22 bits per heavy atom. The van der Waals surface area contributed by atoms with Crippen molar-refractivity contribution in [2.24, 2.45) is 11.1 Å². The van der Waals surface area contributed by atoms with Crippen LogP contribution >= 0.6 is 11.6 Å². The highest BCUT2D eigenvalue weighted by molar-refractivity contribution is 6.34. The Bertz CT molecular complexity index is 514. The number of anilines is 1. The summed E-state index contributed by atoms with van der Waals surface area (Å²) >= 11 is 5.88. The molecular weight excluding hydrogens is 258 g/mol. The van der Waals surface area contributed by atoms with Gasteiger partial charge in [0.15, 0.2) is 0 Å². The number of nitrogens with two attached hydrogens (primary N) is 1.